The van der Waals surface area contributed by atoms with Crippen LogP contribution in [-0.2, 0) is 11.3 Å². The summed E-state index contributed by atoms with van der Waals surface area (Å²) < 4.78 is 5.89. The van der Waals surface area contributed by atoms with Gasteiger partial charge in [-0.3, -0.25) is 9.59 Å². The second kappa shape index (κ2) is 10.2. The predicted molar refractivity (Wildman–Crippen MR) is 124 cm³/mol. The maximum atomic E-state index is 12.9. The van der Waals surface area contributed by atoms with Crippen LogP contribution in [-0.4, -0.2) is 49.0 Å². The smallest absolute Gasteiger partial charge is 0.268 e. The molecule has 6 nitrogen and oxygen atoms in total. The van der Waals surface area contributed by atoms with Gasteiger partial charge in [-0.1, -0.05) is 55.3 Å². The first kappa shape index (κ1) is 23.1. The largest absolute Gasteiger partial charge is 0.478 e. The van der Waals surface area contributed by atoms with Crippen LogP contribution in [0.1, 0.15) is 42.3 Å². The number of carbonyl (C=O) groups is 2. The van der Waals surface area contributed by atoms with E-state index in [1.165, 1.54) is 0 Å². The number of likely N-dealkylation sites (N-methyl/N-ethyl adjacent to an activating group) is 1. The minimum absolute atomic E-state index is 0.164. The summed E-state index contributed by atoms with van der Waals surface area (Å²) in [5.41, 5.74) is 3.00. The fourth-order valence-electron chi connectivity index (χ4n) is 3.64. The first-order chi connectivity index (χ1) is 14.8. The van der Waals surface area contributed by atoms with Gasteiger partial charge in [-0.15, -0.1) is 0 Å². The molecule has 0 spiro atoms. The van der Waals surface area contributed by atoms with Crippen molar-refractivity contribution in [2.75, 3.05) is 31.1 Å². The molecule has 1 atom stereocenters. The van der Waals surface area contributed by atoms with E-state index in [4.69, 9.17) is 16.3 Å². The molecular formula is C24H30ClN3O3. The zero-order valence-electron chi connectivity index (χ0n) is 18.6. The van der Waals surface area contributed by atoms with Crippen molar-refractivity contribution in [2.45, 2.75) is 40.3 Å². The number of benzene rings is 2. The van der Waals surface area contributed by atoms with Gasteiger partial charge in [-0.05, 0) is 44.6 Å². The van der Waals surface area contributed by atoms with Crippen LogP contribution in [0.3, 0.4) is 0 Å². The maximum absolute atomic E-state index is 12.9. The zero-order chi connectivity index (χ0) is 22.5. The van der Waals surface area contributed by atoms with Crippen LogP contribution >= 0.6 is 11.6 Å². The summed E-state index contributed by atoms with van der Waals surface area (Å²) in [7, 11) is 0. The normalized spacial score (nSPS) is 15.6. The Hall–Kier alpha value is -2.57. The van der Waals surface area contributed by atoms with Crippen molar-refractivity contribution in [3.05, 3.63) is 58.1 Å². The molecule has 3 rings (SSSR count). The first-order valence-electron chi connectivity index (χ1n) is 10.7. The van der Waals surface area contributed by atoms with E-state index in [0.29, 0.717) is 35.1 Å². The number of fused-ring (bicyclic) bond motifs is 1. The summed E-state index contributed by atoms with van der Waals surface area (Å²) >= 11 is 6.35. The monoisotopic (exact) mass is 443 g/mol. The van der Waals surface area contributed by atoms with Gasteiger partial charge in [0, 0.05) is 18.1 Å². The third-order valence-corrected chi connectivity index (χ3v) is 5.77. The summed E-state index contributed by atoms with van der Waals surface area (Å²) in [6.45, 7) is 11.4. The van der Waals surface area contributed by atoms with Crippen molar-refractivity contribution < 1.29 is 14.3 Å². The van der Waals surface area contributed by atoms with Crippen molar-refractivity contribution >= 4 is 29.1 Å². The molecule has 2 aromatic rings. The summed E-state index contributed by atoms with van der Waals surface area (Å²) in [5, 5.41) is 3.33. The molecule has 166 valence electrons. The molecule has 7 heteroatoms. The summed E-state index contributed by atoms with van der Waals surface area (Å²) in [5.74, 6) is -0.0325. The Morgan fingerprint density at radius 1 is 1.19 bits per heavy atom. The molecule has 1 aliphatic heterocycles. The van der Waals surface area contributed by atoms with Crippen molar-refractivity contribution in [1.82, 2.24) is 10.2 Å². The number of hydrogen-bond acceptors (Lipinski definition) is 4. The van der Waals surface area contributed by atoms with Crippen molar-refractivity contribution in [3.8, 4) is 5.75 Å². The number of amides is 2. The Balaban J connectivity index is 1.88. The molecule has 2 amide bonds. The molecule has 31 heavy (non-hydrogen) atoms. The SMILES string of the molecule is CCN(CC)CCNC(=O)c1cc(Cl)cc2c1OC(C)C(=O)N2Cc1ccc(C)cc1. The highest BCUT2D eigenvalue weighted by Gasteiger charge is 2.34. The van der Waals surface area contributed by atoms with Gasteiger partial charge in [0.25, 0.3) is 11.8 Å². The fourth-order valence-corrected chi connectivity index (χ4v) is 3.85. The van der Waals surface area contributed by atoms with E-state index >= 15 is 0 Å². The molecule has 0 aromatic heterocycles. The third kappa shape index (κ3) is 5.38. The minimum atomic E-state index is -0.693. The van der Waals surface area contributed by atoms with Crippen LogP contribution in [0.25, 0.3) is 0 Å². The zero-order valence-corrected chi connectivity index (χ0v) is 19.3. The molecular weight excluding hydrogens is 414 g/mol. The molecule has 1 heterocycles. The maximum Gasteiger partial charge on any atom is 0.268 e. The van der Waals surface area contributed by atoms with E-state index in [9.17, 15) is 9.59 Å². The van der Waals surface area contributed by atoms with Crippen LogP contribution < -0.4 is 15.0 Å². The Morgan fingerprint density at radius 3 is 2.52 bits per heavy atom. The molecule has 0 saturated carbocycles. The van der Waals surface area contributed by atoms with Crippen LogP contribution in [0.5, 0.6) is 5.75 Å². The number of hydrogen-bond donors (Lipinski definition) is 1. The number of rotatable bonds is 8. The molecule has 0 radical (unpaired) electrons. The quantitative estimate of drug-likeness (QED) is 0.669. The lowest BCUT2D eigenvalue weighted by Gasteiger charge is -2.34. The number of aryl methyl sites for hydroxylation is 1. The number of nitrogens with one attached hydrogen (secondary N) is 1. The highest BCUT2D eigenvalue weighted by molar-refractivity contribution is 6.31. The van der Waals surface area contributed by atoms with Crippen LogP contribution in [0.15, 0.2) is 36.4 Å². The highest BCUT2D eigenvalue weighted by atomic mass is 35.5. The average Bonchev–Trinajstić information content (AvgIpc) is 2.75. The topological polar surface area (TPSA) is 61.9 Å². The molecule has 0 aliphatic carbocycles. The lowest BCUT2D eigenvalue weighted by atomic mass is 10.1. The number of ether oxygens (including phenoxy) is 1. The van der Waals surface area contributed by atoms with Crippen molar-refractivity contribution in [3.63, 3.8) is 0 Å². The van der Waals surface area contributed by atoms with Gasteiger partial charge in [0.2, 0.25) is 0 Å². The molecule has 0 bridgehead atoms. The number of anilines is 1. The molecule has 0 saturated heterocycles. The summed E-state index contributed by atoms with van der Waals surface area (Å²) in [6.07, 6.45) is -0.693. The van der Waals surface area contributed by atoms with Gasteiger partial charge in [0.05, 0.1) is 17.8 Å². The number of carbonyl (C=O) groups excluding carboxylic acids is 2. The highest BCUT2D eigenvalue weighted by Crippen LogP contribution is 2.40. The molecule has 1 aliphatic rings. The van der Waals surface area contributed by atoms with E-state index in [1.807, 2.05) is 31.2 Å². The van der Waals surface area contributed by atoms with Crippen LogP contribution in [0.2, 0.25) is 5.02 Å². The average molecular weight is 444 g/mol. The van der Waals surface area contributed by atoms with Crippen LogP contribution in [0.4, 0.5) is 5.69 Å². The summed E-state index contributed by atoms with van der Waals surface area (Å²) in [6, 6.07) is 11.3. The number of nitrogens with zero attached hydrogens (tertiary/aromatic N) is 2. The standard InChI is InChI=1S/C24H30ClN3O3/c1-5-27(6-2)12-11-26-23(29)20-13-19(25)14-21-22(20)31-17(4)24(30)28(21)15-18-9-7-16(3)8-10-18/h7-10,13-14,17H,5-6,11-12,15H2,1-4H3,(H,26,29). The minimum Gasteiger partial charge on any atom is -0.478 e. The van der Waals surface area contributed by atoms with Crippen LogP contribution in [0, 0.1) is 6.92 Å². The Bertz CT molecular complexity index is 942. The lowest BCUT2D eigenvalue weighted by Crippen LogP contribution is -2.44. The lowest BCUT2D eigenvalue weighted by molar-refractivity contribution is -0.125. The second-order valence-electron chi connectivity index (χ2n) is 7.75. The third-order valence-electron chi connectivity index (χ3n) is 5.55. The van der Waals surface area contributed by atoms with E-state index in [1.54, 1.807) is 24.0 Å². The molecule has 1 unspecified atom stereocenters. The van der Waals surface area contributed by atoms with Gasteiger partial charge in [-0.2, -0.15) is 0 Å². The van der Waals surface area contributed by atoms with E-state index in [0.717, 1.165) is 30.8 Å². The van der Waals surface area contributed by atoms with E-state index in [2.05, 4.69) is 24.1 Å². The van der Waals surface area contributed by atoms with Gasteiger partial charge in [0.15, 0.2) is 11.9 Å². The van der Waals surface area contributed by atoms with Crippen molar-refractivity contribution in [1.29, 1.82) is 0 Å². The Labute approximate surface area is 189 Å². The van der Waals surface area contributed by atoms with E-state index in [-0.39, 0.29) is 11.8 Å². The number of halogens is 1. The Morgan fingerprint density at radius 2 is 1.87 bits per heavy atom. The summed E-state index contributed by atoms with van der Waals surface area (Å²) in [4.78, 5) is 29.7. The second-order valence-corrected chi connectivity index (χ2v) is 8.19. The molecule has 2 aromatic carbocycles. The van der Waals surface area contributed by atoms with E-state index < -0.39 is 6.10 Å². The molecule has 0 fully saturated rings. The van der Waals surface area contributed by atoms with Gasteiger partial charge in [-0.25, -0.2) is 0 Å². The van der Waals surface area contributed by atoms with Gasteiger partial charge >= 0.3 is 0 Å². The van der Waals surface area contributed by atoms with Crippen molar-refractivity contribution in [2.24, 2.45) is 0 Å². The predicted octanol–water partition coefficient (Wildman–Crippen LogP) is 4.03. The molecule has 1 N–H and O–H groups in total. The Kier molecular flexibility index (Phi) is 7.57. The fraction of sp³-hybridized carbons (Fsp3) is 0.417. The van der Waals surface area contributed by atoms with Gasteiger partial charge in [0.1, 0.15) is 0 Å². The first-order valence-corrected chi connectivity index (χ1v) is 11.1. The van der Waals surface area contributed by atoms with Gasteiger partial charge < -0.3 is 19.9 Å².